The average molecular weight is 591 g/mol. The maximum absolute atomic E-state index is 14.5. The van der Waals surface area contributed by atoms with Crippen LogP contribution in [0.5, 0.6) is 5.75 Å². The molecule has 3 aliphatic rings. The highest BCUT2D eigenvalue weighted by molar-refractivity contribution is 5.85. The van der Waals surface area contributed by atoms with E-state index in [1.165, 1.54) is 18.2 Å². The van der Waals surface area contributed by atoms with Crippen LogP contribution in [0, 0.1) is 11.6 Å². The lowest BCUT2D eigenvalue weighted by Crippen LogP contribution is -2.60. The molecule has 0 aromatic heterocycles. The Bertz CT molecular complexity index is 1210. The number of nitrogens with one attached hydrogen (secondary N) is 1. The van der Waals surface area contributed by atoms with Gasteiger partial charge in [-0.15, -0.1) is 0 Å². The molecular formula is C31H40F2N2O7. The van der Waals surface area contributed by atoms with E-state index >= 15 is 0 Å². The van der Waals surface area contributed by atoms with E-state index in [1.807, 2.05) is 24.3 Å². The number of hydrogen-bond acceptors (Lipinski definition) is 8. The lowest BCUT2D eigenvalue weighted by atomic mass is 9.78. The summed E-state index contributed by atoms with van der Waals surface area (Å²) in [5.74, 6) is -1.96. The van der Waals surface area contributed by atoms with Crippen LogP contribution in [0.2, 0.25) is 0 Å². The fraction of sp³-hybridized carbons (Fsp3) is 0.581. The van der Waals surface area contributed by atoms with Crippen molar-refractivity contribution < 1.29 is 42.0 Å². The van der Waals surface area contributed by atoms with Crippen LogP contribution in [0.4, 0.5) is 8.78 Å². The Morgan fingerprint density at radius 3 is 2.52 bits per heavy atom. The highest BCUT2D eigenvalue weighted by Crippen LogP contribution is 2.44. The van der Waals surface area contributed by atoms with Gasteiger partial charge in [-0.2, -0.15) is 0 Å². The summed E-state index contributed by atoms with van der Waals surface area (Å²) in [5.41, 5.74) is -0.709. The number of hydrogen-bond donors (Lipinski definition) is 1. The standard InChI is InChI=1S/C31H40F2N2O7/c1-30(2)41-27-18-31(40-19-21-6-4-7-22(16-21)37-3,29(36)34-10-11-35-12-14-38-15-13-35)17-26(28(27)42-30)39-20-23-24(32)8-5-9-25(23)33/h4-9,16,26-28H,10-15,17-20H2,1-3H3,(H,34,36)/t26?,27-,28+,31-/m1/s1. The number of rotatable bonds is 11. The predicted octanol–water partition coefficient (Wildman–Crippen LogP) is 3.58. The predicted molar refractivity (Wildman–Crippen MR) is 149 cm³/mol. The van der Waals surface area contributed by atoms with Gasteiger partial charge in [-0.05, 0) is 43.7 Å². The molecule has 1 unspecified atom stereocenters. The molecule has 0 spiro atoms. The molecule has 1 amide bonds. The van der Waals surface area contributed by atoms with Crippen LogP contribution in [0.25, 0.3) is 0 Å². The van der Waals surface area contributed by atoms with E-state index in [0.717, 1.165) is 18.7 Å². The van der Waals surface area contributed by atoms with Crippen LogP contribution >= 0.6 is 0 Å². The quantitative estimate of drug-likeness (QED) is 0.425. The van der Waals surface area contributed by atoms with Gasteiger partial charge in [0.05, 0.1) is 45.7 Å². The van der Waals surface area contributed by atoms with E-state index in [1.54, 1.807) is 21.0 Å². The number of fused-ring (bicyclic) bond motifs is 1. The maximum atomic E-state index is 14.5. The van der Waals surface area contributed by atoms with Gasteiger partial charge in [-0.3, -0.25) is 9.69 Å². The molecule has 9 nitrogen and oxygen atoms in total. The van der Waals surface area contributed by atoms with Crippen molar-refractivity contribution in [1.82, 2.24) is 10.2 Å². The molecule has 230 valence electrons. The molecule has 11 heteroatoms. The number of benzene rings is 2. The number of halogens is 2. The normalized spacial score (nSPS) is 27.4. The van der Waals surface area contributed by atoms with Crippen LogP contribution < -0.4 is 10.1 Å². The Labute approximate surface area is 245 Å². The third-order valence-corrected chi connectivity index (χ3v) is 8.03. The van der Waals surface area contributed by atoms with E-state index in [2.05, 4.69) is 10.2 Å². The van der Waals surface area contributed by atoms with Crippen molar-refractivity contribution in [3.63, 3.8) is 0 Å². The minimum atomic E-state index is -1.35. The number of ether oxygens (including phenoxy) is 6. The molecule has 42 heavy (non-hydrogen) atoms. The van der Waals surface area contributed by atoms with Gasteiger partial charge in [0, 0.05) is 44.6 Å². The van der Waals surface area contributed by atoms with Gasteiger partial charge in [0.25, 0.3) is 5.91 Å². The van der Waals surface area contributed by atoms with Gasteiger partial charge in [-0.1, -0.05) is 18.2 Å². The topological polar surface area (TPSA) is 87.7 Å². The number of methoxy groups -OCH3 is 1. The molecule has 2 heterocycles. The third kappa shape index (κ3) is 7.27. The molecular weight excluding hydrogens is 550 g/mol. The Kier molecular flexibility index (Phi) is 9.76. The molecule has 3 fully saturated rings. The van der Waals surface area contributed by atoms with Crippen molar-refractivity contribution in [2.24, 2.45) is 0 Å². The monoisotopic (exact) mass is 590 g/mol. The highest BCUT2D eigenvalue weighted by Gasteiger charge is 2.58. The molecule has 2 saturated heterocycles. The molecule has 0 bridgehead atoms. The lowest BCUT2D eigenvalue weighted by Gasteiger charge is -2.43. The summed E-state index contributed by atoms with van der Waals surface area (Å²) in [6.45, 7) is 7.42. The van der Waals surface area contributed by atoms with E-state index in [-0.39, 0.29) is 37.5 Å². The molecule has 1 saturated carbocycles. The minimum Gasteiger partial charge on any atom is -0.497 e. The second kappa shape index (κ2) is 13.3. The van der Waals surface area contributed by atoms with Gasteiger partial charge >= 0.3 is 0 Å². The molecule has 0 radical (unpaired) electrons. The first-order valence-corrected chi connectivity index (χ1v) is 14.4. The van der Waals surface area contributed by atoms with E-state index in [4.69, 9.17) is 28.4 Å². The van der Waals surface area contributed by atoms with Gasteiger partial charge in [0.2, 0.25) is 0 Å². The Hall–Kier alpha value is -2.67. The van der Waals surface area contributed by atoms with Gasteiger partial charge in [-0.25, -0.2) is 8.78 Å². The second-order valence-electron chi connectivity index (χ2n) is 11.4. The molecule has 2 aliphatic heterocycles. The van der Waals surface area contributed by atoms with Crippen molar-refractivity contribution >= 4 is 5.91 Å². The molecule has 1 N–H and O–H groups in total. The van der Waals surface area contributed by atoms with Crippen LogP contribution in [0.15, 0.2) is 42.5 Å². The summed E-state index contributed by atoms with van der Waals surface area (Å²) in [6.07, 6.45) is -1.50. The smallest absolute Gasteiger partial charge is 0.252 e. The maximum Gasteiger partial charge on any atom is 0.252 e. The van der Waals surface area contributed by atoms with Crippen LogP contribution in [0.3, 0.4) is 0 Å². The summed E-state index contributed by atoms with van der Waals surface area (Å²) in [7, 11) is 1.59. The molecule has 2 aromatic rings. The van der Waals surface area contributed by atoms with Crippen molar-refractivity contribution in [3.8, 4) is 5.75 Å². The lowest BCUT2D eigenvalue weighted by molar-refractivity contribution is -0.183. The zero-order valence-electron chi connectivity index (χ0n) is 24.4. The number of nitrogens with zero attached hydrogens (tertiary/aromatic N) is 1. The Morgan fingerprint density at radius 1 is 1.05 bits per heavy atom. The van der Waals surface area contributed by atoms with Crippen LogP contribution in [-0.2, 0) is 41.7 Å². The van der Waals surface area contributed by atoms with E-state index in [9.17, 15) is 13.6 Å². The summed E-state index contributed by atoms with van der Waals surface area (Å²) in [6, 6.07) is 11.1. The first-order chi connectivity index (χ1) is 20.2. The average Bonchev–Trinajstić information content (AvgIpc) is 3.30. The molecule has 4 atom stereocenters. The Balaban J connectivity index is 1.38. The molecule has 1 aliphatic carbocycles. The van der Waals surface area contributed by atoms with Crippen molar-refractivity contribution in [2.75, 3.05) is 46.5 Å². The fourth-order valence-electron chi connectivity index (χ4n) is 5.87. The number of morpholine rings is 1. The summed E-state index contributed by atoms with van der Waals surface area (Å²) < 4.78 is 64.7. The summed E-state index contributed by atoms with van der Waals surface area (Å²) >= 11 is 0. The van der Waals surface area contributed by atoms with Gasteiger partial charge < -0.3 is 33.7 Å². The summed E-state index contributed by atoms with van der Waals surface area (Å²) in [4.78, 5) is 16.2. The number of carbonyl (C=O) groups excluding carboxylic acids is 1. The fourth-order valence-corrected chi connectivity index (χ4v) is 5.87. The Morgan fingerprint density at radius 2 is 1.79 bits per heavy atom. The zero-order valence-corrected chi connectivity index (χ0v) is 24.4. The van der Waals surface area contributed by atoms with Gasteiger partial charge in [0.1, 0.15) is 23.5 Å². The van der Waals surface area contributed by atoms with Crippen molar-refractivity contribution in [1.29, 1.82) is 0 Å². The summed E-state index contributed by atoms with van der Waals surface area (Å²) in [5, 5.41) is 3.07. The first kappa shape index (κ1) is 30.8. The third-order valence-electron chi connectivity index (χ3n) is 8.03. The van der Waals surface area contributed by atoms with Crippen LogP contribution in [-0.4, -0.2) is 87.0 Å². The largest absolute Gasteiger partial charge is 0.497 e. The number of amides is 1. The van der Waals surface area contributed by atoms with E-state index in [0.29, 0.717) is 32.1 Å². The van der Waals surface area contributed by atoms with E-state index < -0.39 is 41.3 Å². The van der Waals surface area contributed by atoms with Crippen LogP contribution in [0.1, 0.15) is 37.8 Å². The second-order valence-corrected chi connectivity index (χ2v) is 11.4. The first-order valence-electron chi connectivity index (χ1n) is 14.4. The molecule has 2 aromatic carbocycles. The zero-order chi connectivity index (χ0) is 29.7. The van der Waals surface area contributed by atoms with Crippen molar-refractivity contribution in [3.05, 3.63) is 65.2 Å². The highest BCUT2D eigenvalue weighted by atomic mass is 19.1. The minimum absolute atomic E-state index is 0.108. The SMILES string of the molecule is COc1cccc(CO[C@]2(C(=O)NCCN3CCOCC3)CC(OCc3c(F)cccc3F)[C@@H]3OC(C)(C)O[C@@H]3C2)c1. The molecule has 5 rings (SSSR count). The van der Waals surface area contributed by atoms with Gasteiger partial charge in [0.15, 0.2) is 11.4 Å². The van der Waals surface area contributed by atoms with Crippen molar-refractivity contribution in [2.45, 2.75) is 69.6 Å². The number of carbonyl (C=O) groups is 1.